The molecule has 0 radical (unpaired) electrons. The summed E-state index contributed by atoms with van der Waals surface area (Å²) in [6, 6.07) is 82.7. The highest BCUT2D eigenvalue weighted by Gasteiger charge is 2.46. The largest absolute Gasteiger partial charge is 0.468 e. The van der Waals surface area contributed by atoms with Crippen molar-refractivity contribution in [3.63, 3.8) is 0 Å². The van der Waals surface area contributed by atoms with Crippen LogP contribution in [0.1, 0.15) is 0 Å². The normalized spacial score (nSPS) is 12.5. The number of nitrogens with zero attached hydrogens (tertiary/aromatic N) is 3. The first-order valence-corrected chi connectivity index (χ1v) is 20.9. The Balaban J connectivity index is 1.13. The molecule has 0 spiro atoms. The van der Waals surface area contributed by atoms with Crippen molar-refractivity contribution in [2.75, 3.05) is 14.7 Å². The molecule has 2 aliphatic heterocycles. The fourth-order valence-electron chi connectivity index (χ4n) is 9.55. The molecule has 0 aliphatic carbocycles. The minimum absolute atomic E-state index is 0.165. The van der Waals surface area contributed by atoms with Crippen molar-refractivity contribution in [3.8, 4) is 22.3 Å². The fraction of sp³-hybridized carbons (Fsp3) is 0. The van der Waals surface area contributed by atoms with Crippen molar-refractivity contribution in [1.82, 2.24) is 0 Å². The van der Waals surface area contributed by atoms with Gasteiger partial charge in [-0.15, -0.1) is 0 Å². The number of furan rings is 1. The summed E-state index contributed by atoms with van der Waals surface area (Å²) in [5.41, 5.74) is 18.8. The molecule has 1 aromatic heterocycles. The van der Waals surface area contributed by atoms with Crippen LogP contribution in [0.2, 0.25) is 0 Å². The molecule has 9 aromatic carbocycles. The third kappa shape index (κ3) is 5.77. The standard InChI is InChI=1S/C56H38BN3O/c1-6-19-39(20-7-1)41-35-42(40-21-8-2-9-22-40)37-47(36-41)60-51-31-18-30-50-54(51)57(56-55(60)48-29-16-17-32-53(48)61-56)49-34-33-46(38-52(49)59(50)45-27-14-5-15-28-45)58(43-23-10-3-11-24-43)44-25-12-4-13-26-44/h1-38H. The molecule has 10 aromatic rings. The van der Waals surface area contributed by atoms with E-state index in [1.54, 1.807) is 0 Å². The summed E-state index contributed by atoms with van der Waals surface area (Å²) in [7, 11) is 0. The van der Waals surface area contributed by atoms with Crippen LogP contribution >= 0.6 is 0 Å². The van der Waals surface area contributed by atoms with Gasteiger partial charge in [-0.3, -0.25) is 0 Å². The Morgan fingerprint density at radius 2 is 0.918 bits per heavy atom. The quantitative estimate of drug-likeness (QED) is 0.150. The van der Waals surface area contributed by atoms with Gasteiger partial charge in [0.1, 0.15) is 5.58 Å². The lowest BCUT2D eigenvalue weighted by Gasteiger charge is -2.42. The summed E-state index contributed by atoms with van der Waals surface area (Å²) in [6.07, 6.45) is 0. The van der Waals surface area contributed by atoms with Crippen LogP contribution < -0.4 is 31.3 Å². The lowest BCUT2D eigenvalue weighted by atomic mass is 9.35. The second-order valence-electron chi connectivity index (χ2n) is 15.7. The first kappa shape index (κ1) is 35.0. The highest BCUT2D eigenvalue weighted by Crippen LogP contribution is 2.48. The number of hydrogen-bond acceptors (Lipinski definition) is 4. The summed E-state index contributed by atoms with van der Waals surface area (Å²) in [4.78, 5) is 7.25. The van der Waals surface area contributed by atoms with Crippen molar-refractivity contribution < 1.29 is 4.42 Å². The third-order valence-electron chi connectivity index (χ3n) is 12.2. The molecule has 0 N–H and O–H groups in total. The number of benzene rings is 9. The smallest absolute Gasteiger partial charge is 0.297 e. The van der Waals surface area contributed by atoms with Crippen molar-refractivity contribution in [2.45, 2.75) is 0 Å². The molecule has 2 aliphatic rings. The summed E-state index contributed by atoms with van der Waals surface area (Å²) in [6.45, 7) is -0.165. The van der Waals surface area contributed by atoms with Gasteiger partial charge in [0, 0.05) is 50.9 Å². The molecule has 0 amide bonds. The topological polar surface area (TPSA) is 22.9 Å². The van der Waals surface area contributed by atoms with E-state index in [4.69, 9.17) is 4.42 Å². The van der Waals surface area contributed by atoms with E-state index in [2.05, 4.69) is 245 Å². The molecule has 5 heteroatoms. The van der Waals surface area contributed by atoms with E-state index < -0.39 is 0 Å². The Morgan fingerprint density at radius 3 is 1.54 bits per heavy atom. The highest BCUT2D eigenvalue weighted by molar-refractivity contribution is 7.00. The Kier molecular flexibility index (Phi) is 8.24. The van der Waals surface area contributed by atoms with E-state index in [0.29, 0.717) is 0 Å². The van der Waals surface area contributed by atoms with Crippen LogP contribution in [-0.4, -0.2) is 6.71 Å². The summed E-state index contributed by atoms with van der Waals surface area (Å²) < 4.78 is 7.16. The summed E-state index contributed by atoms with van der Waals surface area (Å²) in [5, 5.41) is 1.09. The van der Waals surface area contributed by atoms with Gasteiger partial charge in [-0.2, -0.15) is 0 Å². The molecular formula is C56H38BN3O. The van der Waals surface area contributed by atoms with E-state index in [-0.39, 0.29) is 6.71 Å². The molecule has 0 saturated carbocycles. The van der Waals surface area contributed by atoms with Gasteiger partial charge < -0.3 is 19.1 Å². The fourth-order valence-corrected chi connectivity index (χ4v) is 9.55. The molecule has 286 valence electrons. The van der Waals surface area contributed by atoms with Crippen LogP contribution in [0.15, 0.2) is 235 Å². The maximum Gasteiger partial charge on any atom is 0.297 e. The molecule has 61 heavy (non-hydrogen) atoms. The van der Waals surface area contributed by atoms with Crippen molar-refractivity contribution in [3.05, 3.63) is 231 Å². The first-order chi connectivity index (χ1) is 30.3. The molecule has 3 heterocycles. The van der Waals surface area contributed by atoms with E-state index in [9.17, 15) is 0 Å². The molecule has 0 fully saturated rings. The highest BCUT2D eigenvalue weighted by atomic mass is 16.3. The second kappa shape index (κ2) is 14.4. The van der Waals surface area contributed by atoms with Crippen molar-refractivity contribution >= 4 is 85.5 Å². The van der Waals surface area contributed by atoms with Crippen molar-refractivity contribution in [1.29, 1.82) is 0 Å². The van der Waals surface area contributed by atoms with Crippen LogP contribution in [0, 0.1) is 0 Å². The van der Waals surface area contributed by atoms with Gasteiger partial charge in [-0.05, 0) is 124 Å². The van der Waals surface area contributed by atoms with Gasteiger partial charge in [0.25, 0.3) is 6.71 Å². The van der Waals surface area contributed by atoms with Gasteiger partial charge in [-0.25, -0.2) is 0 Å². The summed E-state index contributed by atoms with van der Waals surface area (Å²) >= 11 is 0. The molecule has 0 bridgehead atoms. The zero-order valence-corrected chi connectivity index (χ0v) is 33.3. The number of para-hydroxylation sites is 4. The average Bonchev–Trinajstić information content (AvgIpc) is 3.72. The van der Waals surface area contributed by atoms with Gasteiger partial charge in [0.2, 0.25) is 0 Å². The van der Waals surface area contributed by atoms with Gasteiger partial charge in [0.05, 0.1) is 11.3 Å². The van der Waals surface area contributed by atoms with Crippen LogP contribution in [-0.2, 0) is 0 Å². The Morgan fingerprint density at radius 1 is 0.377 bits per heavy atom. The van der Waals surface area contributed by atoms with E-state index >= 15 is 0 Å². The Labute approximate surface area is 355 Å². The molecule has 0 unspecified atom stereocenters. The molecule has 4 nitrogen and oxygen atoms in total. The minimum atomic E-state index is -0.165. The maximum absolute atomic E-state index is 7.16. The zero-order chi connectivity index (χ0) is 40.3. The van der Waals surface area contributed by atoms with Crippen LogP contribution in [0.4, 0.5) is 51.2 Å². The van der Waals surface area contributed by atoms with Gasteiger partial charge in [-0.1, -0.05) is 140 Å². The van der Waals surface area contributed by atoms with Crippen LogP contribution in [0.3, 0.4) is 0 Å². The van der Waals surface area contributed by atoms with Gasteiger partial charge in [0.15, 0.2) is 0 Å². The van der Waals surface area contributed by atoms with E-state index in [0.717, 1.165) is 78.9 Å². The summed E-state index contributed by atoms with van der Waals surface area (Å²) in [5.74, 6) is 0. The lowest BCUT2D eigenvalue weighted by Crippen LogP contribution is -2.61. The molecule has 12 rings (SSSR count). The predicted octanol–water partition coefficient (Wildman–Crippen LogP) is 13.3. The number of hydrogen-bond donors (Lipinski definition) is 0. The van der Waals surface area contributed by atoms with Crippen LogP contribution in [0.5, 0.6) is 0 Å². The molecular weight excluding hydrogens is 741 g/mol. The first-order valence-electron chi connectivity index (χ1n) is 20.9. The number of anilines is 9. The van der Waals surface area contributed by atoms with E-state index in [1.807, 2.05) is 0 Å². The predicted molar refractivity (Wildman–Crippen MR) is 256 cm³/mol. The molecule has 0 saturated heterocycles. The second-order valence-corrected chi connectivity index (χ2v) is 15.7. The average molecular weight is 780 g/mol. The number of fused-ring (bicyclic) bond motifs is 6. The Bertz CT molecular complexity index is 3110. The maximum atomic E-state index is 7.16. The van der Waals surface area contributed by atoms with Crippen LogP contribution in [0.25, 0.3) is 33.2 Å². The van der Waals surface area contributed by atoms with E-state index in [1.165, 1.54) is 22.1 Å². The third-order valence-corrected chi connectivity index (χ3v) is 12.2. The Hall–Kier alpha value is -8.02. The monoisotopic (exact) mass is 779 g/mol. The minimum Gasteiger partial charge on any atom is -0.468 e. The lowest BCUT2D eigenvalue weighted by molar-refractivity contribution is 0.651. The number of rotatable bonds is 7. The zero-order valence-electron chi connectivity index (χ0n) is 33.3. The molecule has 0 atom stereocenters. The van der Waals surface area contributed by atoms with Crippen molar-refractivity contribution in [2.24, 2.45) is 0 Å². The SMILES string of the molecule is c1ccc(-c2cc(-c3ccccc3)cc(N3c4cccc5c4B(c4ccc(N(c6ccccc6)c6ccccc6)cc4N5c4ccccc4)c4oc5ccccc5c43)c2)cc1. The van der Waals surface area contributed by atoms with Gasteiger partial charge >= 0.3 is 0 Å².